The van der Waals surface area contributed by atoms with Gasteiger partial charge in [-0.05, 0) is 51.8 Å². The topological polar surface area (TPSA) is 30.5 Å². The van der Waals surface area contributed by atoms with E-state index in [1.807, 2.05) is 33.8 Å². The predicted molar refractivity (Wildman–Crippen MR) is 74.3 cm³/mol. The average molecular weight is 263 g/mol. The van der Waals surface area contributed by atoms with E-state index in [-0.39, 0.29) is 5.82 Å². The van der Waals surface area contributed by atoms with Crippen molar-refractivity contribution < 1.29 is 13.7 Å². The Morgan fingerprint density at radius 2 is 1.79 bits per heavy atom. The summed E-state index contributed by atoms with van der Waals surface area (Å²) in [5, 5.41) is 3.25. The molecule has 0 saturated carbocycles. The number of rotatable bonds is 1. The molecule has 1 aromatic carbocycles. The fourth-order valence-electron chi connectivity index (χ4n) is 2.49. The van der Waals surface area contributed by atoms with Crippen molar-refractivity contribution >= 4 is 18.3 Å². The van der Waals surface area contributed by atoms with Crippen molar-refractivity contribution in [2.75, 3.05) is 11.9 Å². The fourth-order valence-corrected chi connectivity index (χ4v) is 2.49. The molecule has 2 heterocycles. The van der Waals surface area contributed by atoms with Crippen LogP contribution in [0.3, 0.4) is 0 Å². The van der Waals surface area contributed by atoms with Crippen molar-refractivity contribution in [3.05, 3.63) is 23.5 Å². The summed E-state index contributed by atoms with van der Waals surface area (Å²) < 4.78 is 26.0. The van der Waals surface area contributed by atoms with E-state index in [0.717, 1.165) is 24.2 Å². The van der Waals surface area contributed by atoms with Gasteiger partial charge in [0.05, 0.1) is 11.2 Å². The van der Waals surface area contributed by atoms with E-state index >= 15 is 0 Å². The van der Waals surface area contributed by atoms with Crippen LogP contribution in [0.15, 0.2) is 12.1 Å². The molecule has 0 bridgehead atoms. The lowest BCUT2D eigenvalue weighted by Gasteiger charge is -2.32. The highest BCUT2D eigenvalue weighted by Crippen LogP contribution is 2.37. The normalized spacial score (nSPS) is 23.3. The van der Waals surface area contributed by atoms with E-state index in [0.29, 0.717) is 5.46 Å². The van der Waals surface area contributed by atoms with Crippen LogP contribution < -0.4 is 10.8 Å². The summed E-state index contributed by atoms with van der Waals surface area (Å²) in [5.41, 5.74) is 1.60. The Labute approximate surface area is 113 Å². The minimum atomic E-state index is -0.641. The van der Waals surface area contributed by atoms with Crippen molar-refractivity contribution in [3.63, 3.8) is 0 Å². The minimum absolute atomic E-state index is 0.249. The van der Waals surface area contributed by atoms with E-state index in [1.54, 1.807) is 6.07 Å². The molecule has 1 saturated heterocycles. The summed E-state index contributed by atoms with van der Waals surface area (Å²) in [5.74, 6) is -0.249. The summed E-state index contributed by atoms with van der Waals surface area (Å²) in [4.78, 5) is 0. The maximum absolute atomic E-state index is 14.2. The minimum Gasteiger partial charge on any atom is -0.399 e. The lowest BCUT2D eigenvalue weighted by Crippen LogP contribution is -2.41. The summed E-state index contributed by atoms with van der Waals surface area (Å²) >= 11 is 0. The van der Waals surface area contributed by atoms with Gasteiger partial charge in [0.1, 0.15) is 5.82 Å². The Balaban J connectivity index is 1.96. The second kappa shape index (κ2) is 3.96. The number of halogens is 1. The Kier molecular flexibility index (Phi) is 2.70. The molecule has 102 valence electrons. The zero-order valence-electron chi connectivity index (χ0n) is 11.8. The molecule has 0 amide bonds. The van der Waals surface area contributed by atoms with Gasteiger partial charge >= 0.3 is 7.12 Å². The van der Waals surface area contributed by atoms with Crippen LogP contribution in [0.4, 0.5) is 10.1 Å². The van der Waals surface area contributed by atoms with Crippen LogP contribution in [-0.4, -0.2) is 24.9 Å². The molecule has 0 aliphatic carbocycles. The predicted octanol–water partition coefficient (Wildman–Crippen LogP) is 2.09. The third kappa shape index (κ3) is 1.96. The molecule has 3 nitrogen and oxygen atoms in total. The van der Waals surface area contributed by atoms with Gasteiger partial charge in [-0.15, -0.1) is 0 Å². The average Bonchev–Trinajstić information content (AvgIpc) is 2.80. The second-order valence-electron chi connectivity index (χ2n) is 6.30. The number of hydrogen-bond donors (Lipinski definition) is 1. The third-order valence-electron chi connectivity index (χ3n) is 4.44. The second-order valence-corrected chi connectivity index (χ2v) is 6.30. The monoisotopic (exact) mass is 263 g/mol. The van der Waals surface area contributed by atoms with Crippen molar-refractivity contribution in [2.24, 2.45) is 0 Å². The molecule has 2 aliphatic rings. The molecule has 1 aromatic rings. The zero-order chi connectivity index (χ0) is 13.8. The first-order valence-electron chi connectivity index (χ1n) is 6.72. The molecule has 3 rings (SSSR count). The van der Waals surface area contributed by atoms with Gasteiger partial charge in [0.15, 0.2) is 0 Å². The molecule has 0 atom stereocenters. The number of anilines is 1. The van der Waals surface area contributed by atoms with Crippen LogP contribution in [0.25, 0.3) is 0 Å². The first-order chi connectivity index (χ1) is 8.80. The fraction of sp³-hybridized carbons (Fsp3) is 0.571. The molecule has 1 N–H and O–H groups in total. The molecule has 0 spiro atoms. The van der Waals surface area contributed by atoms with Gasteiger partial charge in [-0.25, -0.2) is 4.39 Å². The summed E-state index contributed by atoms with van der Waals surface area (Å²) in [6.07, 6.45) is 0.871. The third-order valence-corrected chi connectivity index (χ3v) is 4.44. The van der Waals surface area contributed by atoms with Gasteiger partial charge in [0.2, 0.25) is 0 Å². The molecule has 5 heteroatoms. The maximum Gasteiger partial charge on any atom is 0.497 e. The highest BCUT2D eigenvalue weighted by atomic mass is 19.1. The van der Waals surface area contributed by atoms with Gasteiger partial charge in [-0.2, -0.15) is 0 Å². The van der Waals surface area contributed by atoms with Crippen LogP contribution in [-0.2, 0) is 15.7 Å². The van der Waals surface area contributed by atoms with Crippen LogP contribution in [0.5, 0.6) is 0 Å². The van der Waals surface area contributed by atoms with E-state index < -0.39 is 18.3 Å². The van der Waals surface area contributed by atoms with Crippen LogP contribution in [0.1, 0.15) is 33.3 Å². The van der Waals surface area contributed by atoms with Crippen LogP contribution >= 0.6 is 0 Å². The molecule has 0 radical (unpaired) electrons. The first-order valence-corrected chi connectivity index (χ1v) is 6.72. The Bertz CT molecular complexity index is 514. The Morgan fingerprint density at radius 1 is 1.16 bits per heavy atom. The molecule has 19 heavy (non-hydrogen) atoms. The highest BCUT2D eigenvalue weighted by Gasteiger charge is 2.52. The van der Waals surface area contributed by atoms with E-state index in [4.69, 9.17) is 9.31 Å². The number of benzene rings is 1. The molecular weight excluding hydrogens is 244 g/mol. The number of fused-ring (bicyclic) bond motifs is 1. The zero-order valence-corrected chi connectivity index (χ0v) is 11.8. The van der Waals surface area contributed by atoms with Gasteiger partial charge < -0.3 is 14.6 Å². The lowest BCUT2D eigenvalue weighted by atomic mass is 9.78. The van der Waals surface area contributed by atoms with Crippen molar-refractivity contribution in [3.8, 4) is 0 Å². The summed E-state index contributed by atoms with van der Waals surface area (Å²) in [7, 11) is -0.641. The number of nitrogens with one attached hydrogen (secondary N) is 1. The van der Waals surface area contributed by atoms with Gasteiger partial charge in [-0.1, -0.05) is 0 Å². The molecule has 0 aromatic heterocycles. The molecular formula is C14H19BFNO2. The molecule has 0 unspecified atom stereocenters. The summed E-state index contributed by atoms with van der Waals surface area (Å²) in [6.45, 7) is 8.74. The molecule has 2 aliphatic heterocycles. The van der Waals surface area contributed by atoms with Gasteiger partial charge in [0.25, 0.3) is 0 Å². The first kappa shape index (κ1) is 12.9. The summed E-state index contributed by atoms with van der Waals surface area (Å²) in [6, 6.07) is 3.41. The van der Waals surface area contributed by atoms with Crippen molar-refractivity contribution in [2.45, 2.75) is 45.3 Å². The van der Waals surface area contributed by atoms with E-state index in [2.05, 4.69) is 5.32 Å². The Hall–Kier alpha value is -1.07. The largest absolute Gasteiger partial charge is 0.497 e. The Morgan fingerprint density at radius 3 is 2.42 bits per heavy atom. The van der Waals surface area contributed by atoms with Gasteiger partial charge in [-0.3, -0.25) is 0 Å². The van der Waals surface area contributed by atoms with Crippen molar-refractivity contribution in [1.29, 1.82) is 0 Å². The van der Waals surface area contributed by atoms with E-state index in [9.17, 15) is 4.39 Å². The van der Waals surface area contributed by atoms with Crippen molar-refractivity contribution in [1.82, 2.24) is 0 Å². The van der Waals surface area contributed by atoms with Crippen LogP contribution in [0.2, 0.25) is 0 Å². The van der Waals surface area contributed by atoms with E-state index in [1.165, 1.54) is 0 Å². The van der Waals surface area contributed by atoms with Crippen LogP contribution in [0, 0.1) is 5.82 Å². The standard InChI is InChI=1S/C14H19BFNO2/c1-13(2)14(3,4)19-15(18-13)10-8-12-9(5-6-17-12)7-11(10)16/h7-8,17H,5-6H2,1-4H3. The van der Waals surface area contributed by atoms with Gasteiger partial charge in [0, 0.05) is 17.7 Å². The molecule has 1 fully saturated rings. The lowest BCUT2D eigenvalue weighted by molar-refractivity contribution is 0.00578. The quantitative estimate of drug-likeness (QED) is 0.787. The number of hydrogen-bond acceptors (Lipinski definition) is 3. The smallest absolute Gasteiger partial charge is 0.399 e. The SMILES string of the molecule is CC1(C)OB(c2cc3c(cc2F)CCN3)OC1(C)C. The maximum atomic E-state index is 14.2. The highest BCUT2D eigenvalue weighted by molar-refractivity contribution is 6.62.